The predicted molar refractivity (Wildman–Crippen MR) is 55.9 cm³/mol. The quantitative estimate of drug-likeness (QED) is 0.563. The summed E-state index contributed by atoms with van der Waals surface area (Å²) < 4.78 is 0. The van der Waals surface area contributed by atoms with Gasteiger partial charge in [-0.1, -0.05) is 6.92 Å². The Morgan fingerprint density at radius 2 is 2.14 bits per heavy atom. The fourth-order valence-electron chi connectivity index (χ4n) is 1.59. The van der Waals surface area contributed by atoms with Gasteiger partial charge in [0.05, 0.1) is 0 Å². The number of nitrogen functional groups attached to an aromatic ring is 1. The molecule has 1 aromatic rings. The van der Waals surface area contributed by atoms with Crippen LogP contribution in [0.5, 0.6) is 0 Å². The van der Waals surface area contributed by atoms with E-state index in [1.54, 1.807) is 0 Å². The van der Waals surface area contributed by atoms with Crippen molar-refractivity contribution in [1.82, 2.24) is 9.97 Å². The molecule has 0 radical (unpaired) electrons. The van der Waals surface area contributed by atoms with Gasteiger partial charge in [0.15, 0.2) is 0 Å². The van der Waals surface area contributed by atoms with Gasteiger partial charge in [-0.3, -0.25) is 0 Å². The number of hydrazine groups is 1. The van der Waals surface area contributed by atoms with Crippen molar-refractivity contribution < 1.29 is 0 Å². The molecule has 14 heavy (non-hydrogen) atoms. The van der Waals surface area contributed by atoms with Crippen LogP contribution in [0.1, 0.15) is 42.8 Å². The molecule has 0 atom stereocenters. The van der Waals surface area contributed by atoms with Crippen LogP contribution < -0.4 is 11.3 Å². The molecule has 0 bridgehead atoms. The average molecular weight is 192 g/mol. The number of aromatic nitrogens is 2. The van der Waals surface area contributed by atoms with Crippen molar-refractivity contribution in [2.45, 2.75) is 39.0 Å². The third kappa shape index (κ3) is 1.57. The van der Waals surface area contributed by atoms with Crippen molar-refractivity contribution in [3.8, 4) is 0 Å². The first-order chi connectivity index (χ1) is 6.76. The molecule has 1 heterocycles. The molecule has 1 aromatic heterocycles. The molecule has 0 spiro atoms. The lowest BCUT2D eigenvalue weighted by atomic mass is 10.2. The van der Waals surface area contributed by atoms with Crippen molar-refractivity contribution in [2.24, 2.45) is 5.84 Å². The number of hydrogen-bond donors (Lipinski definition) is 2. The van der Waals surface area contributed by atoms with Crippen LogP contribution >= 0.6 is 0 Å². The topological polar surface area (TPSA) is 63.8 Å². The minimum Gasteiger partial charge on any atom is -0.308 e. The van der Waals surface area contributed by atoms with E-state index in [0.29, 0.717) is 5.92 Å². The van der Waals surface area contributed by atoms with Gasteiger partial charge in [0.1, 0.15) is 11.6 Å². The van der Waals surface area contributed by atoms with E-state index in [0.717, 1.165) is 29.3 Å². The van der Waals surface area contributed by atoms with Gasteiger partial charge in [0, 0.05) is 17.2 Å². The molecule has 2 rings (SSSR count). The fourth-order valence-corrected chi connectivity index (χ4v) is 1.59. The molecule has 0 saturated heterocycles. The highest BCUT2D eigenvalue weighted by Gasteiger charge is 2.27. The Balaban J connectivity index is 2.43. The molecule has 4 heteroatoms. The number of rotatable bonds is 3. The standard InChI is InChI=1S/C10H16N4/c1-3-8-6(2)9(14-11)13-10(12-8)7-4-5-7/h7H,3-5,11H2,1-2H3,(H,12,13,14). The molecule has 3 N–H and O–H groups in total. The molecule has 0 amide bonds. The van der Waals surface area contributed by atoms with Crippen molar-refractivity contribution in [3.05, 3.63) is 17.1 Å². The van der Waals surface area contributed by atoms with Crippen LogP contribution in [0.3, 0.4) is 0 Å². The predicted octanol–water partition coefficient (Wildman–Crippen LogP) is 1.51. The van der Waals surface area contributed by atoms with Crippen molar-refractivity contribution in [2.75, 3.05) is 5.43 Å². The monoisotopic (exact) mass is 192 g/mol. The molecule has 4 nitrogen and oxygen atoms in total. The maximum absolute atomic E-state index is 5.42. The van der Waals surface area contributed by atoms with Crippen LogP contribution in [-0.2, 0) is 6.42 Å². The number of anilines is 1. The Morgan fingerprint density at radius 1 is 1.43 bits per heavy atom. The third-order valence-corrected chi connectivity index (χ3v) is 2.68. The van der Waals surface area contributed by atoms with Gasteiger partial charge >= 0.3 is 0 Å². The molecule has 1 saturated carbocycles. The SMILES string of the molecule is CCc1nc(C2CC2)nc(NN)c1C. The summed E-state index contributed by atoms with van der Waals surface area (Å²) in [5, 5.41) is 0. The van der Waals surface area contributed by atoms with Crippen molar-refractivity contribution >= 4 is 5.82 Å². The largest absolute Gasteiger partial charge is 0.308 e. The molecule has 76 valence electrons. The highest BCUT2D eigenvalue weighted by Crippen LogP contribution is 2.38. The first kappa shape index (κ1) is 9.40. The van der Waals surface area contributed by atoms with E-state index in [1.807, 2.05) is 6.92 Å². The smallest absolute Gasteiger partial charge is 0.146 e. The van der Waals surface area contributed by atoms with E-state index >= 15 is 0 Å². The first-order valence-corrected chi connectivity index (χ1v) is 5.10. The summed E-state index contributed by atoms with van der Waals surface area (Å²) in [6, 6.07) is 0. The lowest BCUT2D eigenvalue weighted by Crippen LogP contribution is -2.14. The molecular formula is C10H16N4. The second-order valence-electron chi connectivity index (χ2n) is 3.77. The normalized spacial score (nSPS) is 15.6. The number of nitrogens with one attached hydrogen (secondary N) is 1. The van der Waals surface area contributed by atoms with Crippen LogP contribution in [0, 0.1) is 6.92 Å². The summed E-state index contributed by atoms with van der Waals surface area (Å²) in [5.74, 6) is 7.74. The summed E-state index contributed by atoms with van der Waals surface area (Å²) in [7, 11) is 0. The second kappa shape index (κ2) is 3.53. The molecule has 0 unspecified atom stereocenters. The zero-order valence-corrected chi connectivity index (χ0v) is 8.67. The first-order valence-electron chi connectivity index (χ1n) is 5.10. The molecule has 0 aromatic carbocycles. The van der Waals surface area contributed by atoms with Gasteiger partial charge in [-0.25, -0.2) is 15.8 Å². The maximum atomic E-state index is 5.42. The molecule has 1 aliphatic rings. The second-order valence-corrected chi connectivity index (χ2v) is 3.77. The minimum atomic E-state index is 0.577. The summed E-state index contributed by atoms with van der Waals surface area (Å²) in [5.41, 5.74) is 4.82. The number of nitrogens with zero attached hydrogens (tertiary/aromatic N) is 2. The Kier molecular flexibility index (Phi) is 2.37. The van der Waals surface area contributed by atoms with Crippen LogP contribution in [0.25, 0.3) is 0 Å². The van der Waals surface area contributed by atoms with E-state index < -0.39 is 0 Å². The Labute approximate surface area is 83.9 Å². The van der Waals surface area contributed by atoms with Crippen molar-refractivity contribution in [3.63, 3.8) is 0 Å². The van der Waals surface area contributed by atoms with Gasteiger partial charge in [-0.2, -0.15) is 0 Å². The van der Waals surface area contributed by atoms with Crippen LogP contribution in [-0.4, -0.2) is 9.97 Å². The molecule has 1 aliphatic carbocycles. The Bertz CT molecular complexity index is 319. The van der Waals surface area contributed by atoms with Crippen molar-refractivity contribution in [1.29, 1.82) is 0 Å². The number of nitrogens with two attached hydrogens (primary N) is 1. The van der Waals surface area contributed by atoms with E-state index in [4.69, 9.17) is 5.84 Å². The summed E-state index contributed by atoms with van der Waals surface area (Å²) in [6.07, 6.45) is 3.37. The van der Waals surface area contributed by atoms with E-state index in [9.17, 15) is 0 Å². The Hall–Kier alpha value is -1.16. The summed E-state index contributed by atoms with van der Waals surface area (Å²) >= 11 is 0. The maximum Gasteiger partial charge on any atom is 0.146 e. The van der Waals surface area contributed by atoms with Crippen LogP contribution in [0.2, 0.25) is 0 Å². The van der Waals surface area contributed by atoms with E-state index in [1.165, 1.54) is 12.8 Å². The Morgan fingerprint density at radius 3 is 2.64 bits per heavy atom. The highest BCUT2D eigenvalue weighted by atomic mass is 15.3. The molecular weight excluding hydrogens is 176 g/mol. The minimum absolute atomic E-state index is 0.577. The van der Waals surface area contributed by atoms with Gasteiger partial charge in [-0.05, 0) is 26.2 Å². The van der Waals surface area contributed by atoms with Gasteiger partial charge < -0.3 is 5.43 Å². The highest BCUT2D eigenvalue weighted by molar-refractivity contribution is 5.45. The lowest BCUT2D eigenvalue weighted by molar-refractivity contribution is 0.864. The lowest BCUT2D eigenvalue weighted by Gasteiger charge is -2.10. The number of hydrogen-bond acceptors (Lipinski definition) is 4. The average Bonchev–Trinajstić information content (AvgIpc) is 3.02. The van der Waals surface area contributed by atoms with Crippen LogP contribution in [0.15, 0.2) is 0 Å². The number of aryl methyl sites for hydroxylation is 1. The zero-order chi connectivity index (χ0) is 10.1. The van der Waals surface area contributed by atoms with Gasteiger partial charge in [0.2, 0.25) is 0 Å². The van der Waals surface area contributed by atoms with E-state index in [-0.39, 0.29) is 0 Å². The third-order valence-electron chi connectivity index (χ3n) is 2.68. The van der Waals surface area contributed by atoms with Gasteiger partial charge in [0.25, 0.3) is 0 Å². The zero-order valence-electron chi connectivity index (χ0n) is 8.67. The molecule has 0 aliphatic heterocycles. The van der Waals surface area contributed by atoms with Crippen LogP contribution in [0.4, 0.5) is 5.82 Å². The molecule has 1 fully saturated rings. The summed E-state index contributed by atoms with van der Waals surface area (Å²) in [4.78, 5) is 8.97. The van der Waals surface area contributed by atoms with E-state index in [2.05, 4.69) is 22.3 Å². The summed E-state index contributed by atoms with van der Waals surface area (Å²) in [6.45, 7) is 4.11. The van der Waals surface area contributed by atoms with Gasteiger partial charge in [-0.15, -0.1) is 0 Å². The fraction of sp³-hybridized carbons (Fsp3) is 0.600.